The first-order chi connectivity index (χ1) is 16.2. The van der Waals surface area contributed by atoms with Crippen LogP contribution in [0.3, 0.4) is 0 Å². The number of ketones is 1. The van der Waals surface area contributed by atoms with Gasteiger partial charge in [0.05, 0.1) is 18.0 Å². The fourth-order valence-electron chi connectivity index (χ4n) is 3.04. The Balaban J connectivity index is 1.57. The minimum absolute atomic E-state index is 0.00333. The summed E-state index contributed by atoms with van der Waals surface area (Å²) < 4.78 is 37.6. The monoisotopic (exact) mass is 482 g/mol. The van der Waals surface area contributed by atoms with Crippen LogP contribution in [-0.2, 0) is 14.8 Å². The summed E-state index contributed by atoms with van der Waals surface area (Å²) in [6, 6.07) is 19.5. The second kappa shape index (κ2) is 11.0. The van der Waals surface area contributed by atoms with Gasteiger partial charge in [0.2, 0.25) is 15.9 Å². The van der Waals surface area contributed by atoms with Crippen LogP contribution >= 0.6 is 0 Å². The highest BCUT2D eigenvalue weighted by Gasteiger charge is 2.23. The largest absolute Gasteiger partial charge is 0.494 e. The van der Waals surface area contributed by atoms with Crippen LogP contribution in [0, 0.1) is 0 Å². The number of nitrogens with one attached hydrogen (secondary N) is 1. The van der Waals surface area contributed by atoms with E-state index in [9.17, 15) is 18.0 Å². The first-order valence-electron chi connectivity index (χ1n) is 10.6. The van der Waals surface area contributed by atoms with E-state index in [1.54, 1.807) is 36.4 Å². The zero-order chi connectivity index (χ0) is 24.7. The maximum atomic E-state index is 12.7. The number of amides is 1. The van der Waals surface area contributed by atoms with Crippen LogP contribution in [0.5, 0.6) is 17.2 Å². The number of ether oxygens (including phenoxy) is 2. The zero-order valence-corrected chi connectivity index (χ0v) is 20.0. The molecule has 3 aromatic carbocycles. The lowest BCUT2D eigenvalue weighted by molar-refractivity contribution is -0.116. The van der Waals surface area contributed by atoms with E-state index in [2.05, 4.69) is 5.32 Å². The predicted octanol–water partition coefficient (Wildman–Crippen LogP) is 4.34. The summed E-state index contributed by atoms with van der Waals surface area (Å²) >= 11 is 0. The van der Waals surface area contributed by atoms with Gasteiger partial charge in [-0.3, -0.25) is 9.59 Å². The van der Waals surface area contributed by atoms with Crippen LogP contribution in [-0.4, -0.2) is 44.6 Å². The van der Waals surface area contributed by atoms with Crippen molar-refractivity contribution in [3.63, 3.8) is 0 Å². The Morgan fingerprint density at radius 1 is 0.853 bits per heavy atom. The summed E-state index contributed by atoms with van der Waals surface area (Å²) in [5, 5.41) is 2.67. The molecule has 0 bridgehead atoms. The highest BCUT2D eigenvalue weighted by molar-refractivity contribution is 7.89. The van der Waals surface area contributed by atoms with E-state index in [-0.39, 0.29) is 17.2 Å². The van der Waals surface area contributed by atoms with E-state index in [0.29, 0.717) is 29.4 Å². The van der Waals surface area contributed by atoms with Crippen LogP contribution in [0.1, 0.15) is 24.2 Å². The van der Waals surface area contributed by atoms with Crippen molar-refractivity contribution in [3.8, 4) is 17.2 Å². The van der Waals surface area contributed by atoms with Crippen molar-refractivity contribution in [2.45, 2.75) is 18.7 Å². The molecule has 0 aromatic heterocycles. The van der Waals surface area contributed by atoms with Gasteiger partial charge in [0.15, 0.2) is 5.78 Å². The number of carbonyl (C=O) groups is 2. The van der Waals surface area contributed by atoms with Crippen molar-refractivity contribution in [1.29, 1.82) is 0 Å². The number of hydrogen-bond donors (Lipinski definition) is 1. The molecule has 0 aliphatic carbocycles. The van der Waals surface area contributed by atoms with E-state index in [0.717, 1.165) is 10.1 Å². The molecule has 0 unspecified atom stereocenters. The molecule has 3 rings (SSSR count). The van der Waals surface area contributed by atoms with Crippen molar-refractivity contribution in [2.75, 3.05) is 25.5 Å². The summed E-state index contributed by atoms with van der Waals surface area (Å²) in [5.41, 5.74) is 0.912. The zero-order valence-electron chi connectivity index (χ0n) is 19.1. The summed E-state index contributed by atoms with van der Waals surface area (Å²) in [7, 11) is -2.56. The van der Waals surface area contributed by atoms with Crippen LogP contribution in [0.25, 0.3) is 0 Å². The third kappa shape index (κ3) is 6.43. The molecule has 3 aromatic rings. The molecule has 0 spiro atoms. The lowest BCUT2D eigenvalue weighted by atomic mass is 10.2. The van der Waals surface area contributed by atoms with E-state index in [1.165, 1.54) is 38.2 Å². The number of Topliss-reactive ketones (excluding diaryl/α,β-unsaturated/α-hetero) is 1. The van der Waals surface area contributed by atoms with Crippen molar-refractivity contribution >= 4 is 27.4 Å². The normalized spacial score (nSPS) is 11.2. The minimum atomic E-state index is -3.88. The SMILES string of the molecule is CCOc1ccc(Oc2ccc(NC(=O)CN(C)S(=O)(=O)c3ccc(C(C)=O)cc3)cc2)cc1. The number of sulfonamides is 1. The molecule has 0 saturated heterocycles. The molecule has 8 nitrogen and oxygen atoms in total. The van der Waals surface area contributed by atoms with E-state index in [4.69, 9.17) is 9.47 Å². The predicted molar refractivity (Wildman–Crippen MR) is 129 cm³/mol. The topological polar surface area (TPSA) is 102 Å². The molecule has 0 radical (unpaired) electrons. The fraction of sp³-hybridized carbons (Fsp3) is 0.200. The van der Waals surface area contributed by atoms with Gasteiger partial charge in [-0.1, -0.05) is 12.1 Å². The standard InChI is InChI=1S/C25H26N2O6S/c1-4-32-21-11-13-23(14-12-21)33-22-9-7-20(8-10-22)26-25(29)17-27(3)34(30,31)24-15-5-19(6-16-24)18(2)28/h5-16H,4,17H2,1-3H3,(H,26,29). The van der Waals surface area contributed by atoms with E-state index in [1.807, 2.05) is 19.1 Å². The van der Waals surface area contributed by atoms with Gasteiger partial charge in [0.1, 0.15) is 17.2 Å². The Morgan fingerprint density at radius 2 is 1.38 bits per heavy atom. The van der Waals surface area contributed by atoms with Crippen molar-refractivity contribution in [1.82, 2.24) is 4.31 Å². The van der Waals surface area contributed by atoms with E-state index >= 15 is 0 Å². The first-order valence-corrected chi connectivity index (χ1v) is 12.0. The Morgan fingerprint density at radius 3 is 1.91 bits per heavy atom. The third-order valence-electron chi connectivity index (χ3n) is 4.84. The molecule has 178 valence electrons. The second-order valence-corrected chi connectivity index (χ2v) is 9.47. The minimum Gasteiger partial charge on any atom is -0.494 e. The smallest absolute Gasteiger partial charge is 0.243 e. The van der Waals surface area contributed by atoms with Crippen LogP contribution in [0.15, 0.2) is 77.7 Å². The molecule has 0 atom stereocenters. The first kappa shape index (κ1) is 24.9. The number of carbonyl (C=O) groups excluding carboxylic acids is 2. The molecule has 1 amide bonds. The Bertz CT molecular complexity index is 1240. The van der Waals surface area contributed by atoms with Crippen molar-refractivity contribution in [3.05, 3.63) is 78.4 Å². The van der Waals surface area contributed by atoms with Gasteiger partial charge in [0.25, 0.3) is 0 Å². The van der Waals surface area contributed by atoms with Crippen LogP contribution in [0.4, 0.5) is 5.69 Å². The quantitative estimate of drug-likeness (QED) is 0.431. The Labute approximate surface area is 199 Å². The highest BCUT2D eigenvalue weighted by Crippen LogP contribution is 2.25. The van der Waals surface area contributed by atoms with Crippen molar-refractivity contribution in [2.24, 2.45) is 0 Å². The lowest BCUT2D eigenvalue weighted by Crippen LogP contribution is -2.35. The lowest BCUT2D eigenvalue weighted by Gasteiger charge is -2.17. The molecular formula is C25H26N2O6S. The summed E-state index contributed by atoms with van der Waals surface area (Å²) in [6.07, 6.45) is 0. The number of anilines is 1. The maximum Gasteiger partial charge on any atom is 0.243 e. The molecule has 0 aliphatic heterocycles. The maximum absolute atomic E-state index is 12.7. The molecule has 0 fully saturated rings. The summed E-state index contributed by atoms with van der Waals surface area (Å²) in [5.74, 6) is 1.33. The molecule has 0 heterocycles. The molecule has 0 saturated carbocycles. The average molecular weight is 483 g/mol. The van der Waals surface area contributed by atoms with Gasteiger partial charge >= 0.3 is 0 Å². The Hall–Kier alpha value is -3.69. The van der Waals surface area contributed by atoms with Crippen molar-refractivity contribution < 1.29 is 27.5 Å². The van der Waals surface area contributed by atoms with Gasteiger partial charge in [-0.25, -0.2) is 8.42 Å². The molecule has 9 heteroatoms. The average Bonchev–Trinajstić information content (AvgIpc) is 2.81. The second-order valence-electron chi connectivity index (χ2n) is 7.42. The van der Waals surface area contributed by atoms with Crippen LogP contribution in [0.2, 0.25) is 0 Å². The molecule has 1 N–H and O–H groups in total. The number of likely N-dealkylation sites (N-methyl/N-ethyl adjacent to an activating group) is 1. The molecule has 34 heavy (non-hydrogen) atoms. The highest BCUT2D eigenvalue weighted by atomic mass is 32.2. The van der Waals surface area contributed by atoms with E-state index < -0.39 is 15.9 Å². The summed E-state index contributed by atoms with van der Waals surface area (Å²) in [4.78, 5) is 23.8. The van der Waals surface area contributed by atoms with Gasteiger partial charge in [-0.2, -0.15) is 4.31 Å². The number of benzene rings is 3. The Kier molecular flexibility index (Phi) is 8.04. The number of nitrogens with zero attached hydrogens (tertiary/aromatic N) is 1. The van der Waals surface area contributed by atoms with Gasteiger partial charge < -0.3 is 14.8 Å². The third-order valence-corrected chi connectivity index (χ3v) is 6.66. The summed E-state index contributed by atoms with van der Waals surface area (Å²) in [6.45, 7) is 3.53. The number of hydrogen-bond acceptors (Lipinski definition) is 6. The van der Waals surface area contributed by atoms with Gasteiger partial charge in [0, 0.05) is 18.3 Å². The number of rotatable bonds is 10. The fourth-order valence-corrected chi connectivity index (χ4v) is 4.17. The molecule has 0 aliphatic rings. The molecular weight excluding hydrogens is 456 g/mol. The van der Waals surface area contributed by atoms with Gasteiger partial charge in [-0.15, -0.1) is 0 Å². The van der Waals surface area contributed by atoms with Gasteiger partial charge in [-0.05, 0) is 74.5 Å². The van der Waals surface area contributed by atoms with Crippen LogP contribution < -0.4 is 14.8 Å².